The van der Waals surface area contributed by atoms with E-state index in [0.29, 0.717) is 17.5 Å². The lowest BCUT2D eigenvalue weighted by molar-refractivity contribution is 0.792. The summed E-state index contributed by atoms with van der Waals surface area (Å²) in [6, 6.07) is 63.5. The number of hydrogen-bond acceptors (Lipinski definition) is 4. The molecule has 0 fully saturated rings. The zero-order valence-corrected chi connectivity index (χ0v) is 32.5. The molecule has 0 aliphatic heterocycles. The van der Waals surface area contributed by atoms with E-state index >= 15 is 0 Å². The Kier molecular flexibility index (Phi) is 7.42. The summed E-state index contributed by atoms with van der Waals surface area (Å²) in [5.41, 5.74) is 16.8. The lowest BCUT2D eigenvalue weighted by atomic mass is 9.70. The number of fused-ring (bicyclic) bond motifs is 13. The molecule has 59 heavy (non-hydrogen) atoms. The van der Waals surface area contributed by atoms with Crippen LogP contribution in [0.2, 0.25) is 0 Å². The molecule has 5 heteroatoms. The van der Waals surface area contributed by atoms with Crippen LogP contribution < -0.4 is 0 Å². The van der Waals surface area contributed by atoms with E-state index in [1.165, 1.54) is 55.5 Å². The molecule has 7 aromatic carbocycles. The highest BCUT2D eigenvalue weighted by Gasteiger charge is 2.52. The first kappa shape index (κ1) is 33.6. The minimum absolute atomic E-state index is 0.580. The number of pyridine rings is 1. The first-order valence-electron chi connectivity index (χ1n) is 20.5. The number of para-hydroxylation sites is 1. The van der Waals surface area contributed by atoms with Crippen molar-refractivity contribution in [3.05, 3.63) is 210 Å². The van der Waals surface area contributed by atoms with Crippen molar-refractivity contribution < 1.29 is 0 Å². The average Bonchev–Trinajstić information content (AvgIpc) is 3.91. The van der Waals surface area contributed by atoms with Gasteiger partial charge in [-0.3, -0.25) is 4.57 Å². The Balaban J connectivity index is 1.11. The van der Waals surface area contributed by atoms with Crippen molar-refractivity contribution in [2.45, 2.75) is 25.2 Å². The lowest BCUT2D eigenvalue weighted by Gasteiger charge is -2.31. The van der Waals surface area contributed by atoms with Gasteiger partial charge >= 0.3 is 0 Å². The van der Waals surface area contributed by atoms with Gasteiger partial charge in [0.15, 0.2) is 17.5 Å². The van der Waals surface area contributed by atoms with E-state index in [-0.39, 0.29) is 0 Å². The van der Waals surface area contributed by atoms with E-state index in [4.69, 9.17) is 19.9 Å². The summed E-state index contributed by atoms with van der Waals surface area (Å²) >= 11 is 0. The van der Waals surface area contributed by atoms with Gasteiger partial charge in [0.2, 0.25) is 0 Å². The van der Waals surface area contributed by atoms with Crippen LogP contribution in [-0.4, -0.2) is 24.5 Å². The SMILES string of the molecule is CCCc1ccc(-c2nc(-c3ccccc3)nc(-c3ccc4c(c3)C3(c5ccccc5-4)c4ccccc4-c4ccc(-n5c6ccccc6c6cccnc65)cc43)n2)cc1. The highest BCUT2D eigenvalue weighted by atomic mass is 15.0. The van der Waals surface area contributed by atoms with Crippen LogP contribution in [0.5, 0.6) is 0 Å². The molecule has 278 valence electrons. The molecule has 0 bridgehead atoms. The van der Waals surface area contributed by atoms with Crippen LogP contribution >= 0.6 is 0 Å². The summed E-state index contributed by atoms with van der Waals surface area (Å²) in [6.07, 6.45) is 4.04. The van der Waals surface area contributed by atoms with Gasteiger partial charge in [0, 0.05) is 39.3 Å². The lowest BCUT2D eigenvalue weighted by Crippen LogP contribution is -2.26. The summed E-state index contributed by atoms with van der Waals surface area (Å²) in [7, 11) is 0. The molecule has 10 aromatic rings. The number of nitrogens with zero attached hydrogens (tertiary/aromatic N) is 5. The second-order valence-electron chi connectivity index (χ2n) is 15.7. The Labute approximate surface area is 342 Å². The van der Waals surface area contributed by atoms with Crippen molar-refractivity contribution in [2.24, 2.45) is 0 Å². The molecule has 3 heterocycles. The van der Waals surface area contributed by atoms with Gasteiger partial charge in [-0.05, 0) is 92.9 Å². The summed E-state index contributed by atoms with van der Waals surface area (Å²) in [5, 5.41) is 2.34. The maximum absolute atomic E-state index is 5.23. The predicted octanol–water partition coefficient (Wildman–Crippen LogP) is 12.7. The van der Waals surface area contributed by atoms with E-state index in [2.05, 4.69) is 163 Å². The zero-order valence-electron chi connectivity index (χ0n) is 32.5. The van der Waals surface area contributed by atoms with Gasteiger partial charge in [-0.2, -0.15) is 0 Å². The Hall–Kier alpha value is -7.50. The van der Waals surface area contributed by atoms with Crippen LogP contribution in [0.25, 0.3) is 84.0 Å². The topological polar surface area (TPSA) is 56.5 Å². The highest BCUT2D eigenvalue weighted by Crippen LogP contribution is 2.63. The molecule has 1 unspecified atom stereocenters. The van der Waals surface area contributed by atoms with E-state index in [1.807, 2.05) is 30.5 Å². The van der Waals surface area contributed by atoms with E-state index in [9.17, 15) is 0 Å². The fraction of sp³-hybridized carbons (Fsp3) is 0.0741. The van der Waals surface area contributed by atoms with Crippen LogP contribution in [0.3, 0.4) is 0 Å². The molecule has 0 saturated heterocycles. The van der Waals surface area contributed by atoms with Crippen molar-refractivity contribution in [1.29, 1.82) is 0 Å². The molecule has 0 radical (unpaired) electrons. The molecule has 3 aromatic heterocycles. The summed E-state index contributed by atoms with van der Waals surface area (Å²) in [4.78, 5) is 20.4. The van der Waals surface area contributed by atoms with Crippen molar-refractivity contribution in [1.82, 2.24) is 24.5 Å². The maximum Gasteiger partial charge on any atom is 0.164 e. The van der Waals surface area contributed by atoms with Crippen molar-refractivity contribution in [3.63, 3.8) is 0 Å². The number of rotatable bonds is 6. The predicted molar refractivity (Wildman–Crippen MR) is 239 cm³/mol. The van der Waals surface area contributed by atoms with E-state index in [1.54, 1.807) is 0 Å². The molecule has 0 amide bonds. The summed E-state index contributed by atoms with van der Waals surface area (Å²) in [6.45, 7) is 2.21. The zero-order chi connectivity index (χ0) is 39.1. The van der Waals surface area contributed by atoms with E-state index in [0.717, 1.165) is 51.8 Å². The normalized spacial score (nSPS) is 14.7. The minimum Gasteiger partial charge on any atom is -0.294 e. The van der Waals surface area contributed by atoms with E-state index < -0.39 is 5.41 Å². The first-order chi connectivity index (χ1) is 29.2. The standard InChI is InChI=1S/C54H37N5/c1-2-13-34-23-25-36(26-24-34)51-56-50(35-14-4-3-5-15-35)57-52(58-51)37-27-29-41-39-16-6-9-20-45(39)54(47(41)32-37)46-21-10-7-17-40(46)42-30-28-38(33-48(42)54)59-49-22-11-8-18-43(49)44-19-12-31-55-53(44)59/h3-12,14-33H,2,13H2,1H3. The Morgan fingerprint density at radius 3 is 1.75 bits per heavy atom. The molecule has 5 nitrogen and oxygen atoms in total. The van der Waals surface area contributed by atoms with Gasteiger partial charge in [0.05, 0.1) is 10.9 Å². The largest absolute Gasteiger partial charge is 0.294 e. The molecule has 2 aliphatic carbocycles. The van der Waals surface area contributed by atoms with Gasteiger partial charge < -0.3 is 0 Å². The van der Waals surface area contributed by atoms with Crippen LogP contribution in [0.15, 0.2) is 182 Å². The molecule has 0 saturated carbocycles. The molecule has 12 rings (SSSR count). The molecular formula is C54H37N5. The van der Waals surface area contributed by atoms with Gasteiger partial charge in [-0.25, -0.2) is 19.9 Å². The Morgan fingerprint density at radius 1 is 0.458 bits per heavy atom. The van der Waals surface area contributed by atoms with Crippen molar-refractivity contribution in [3.8, 4) is 62.1 Å². The maximum atomic E-state index is 5.23. The second kappa shape index (κ2) is 13.0. The van der Waals surface area contributed by atoms with Crippen molar-refractivity contribution >= 4 is 21.9 Å². The number of aryl methyl sites for hydroxylation is 1. The number of benzene rings is 7. The van der Waals surface area contributed by atoms with Crippen molar-refractivity contribution in [2.75, 3.05) is 0 Å². The molecule has 0 N–H and O–H groups in total. The van der Waals surface area contributed by atoms with Gasteiger partial charge in [-0.1, -0.05) is 153 Å². The second-order valence-corrected chi connectivity index (χ2v) is 15.7. The van der Waals surface area contributed by atoms with Crippen LogP contribution in [0.1, 0.15) is 41.2 Å². The smallest absolute Gasteiger partial charge is 0.164 e. The van der Waals surface area contributed by atoms with Crippen LogP contribution in [0.4, 0.5) is 0 Å². The Bertz CT molecular complexity index is 3220. The van der Waals surface area contributed by atoms with Gasteiger partial charge in [0.1, 0.15) is 5.65 Å². The average molecular weight is 756 g/mol. The summed E-state index contributed by atoms with van der Waals surface area (Å²) < 4.78 is 2.33. The molecule has 2 aliphatic rings. The number of hydrogen-bond donors (Lipinski definition) is 0. The highest BCUT2D eigenvalue weighted by molar-refractivity contribution is 6.08. The van der Waals surface area contributed by atoms with Crippen LogP contribution in [0, 0.1) is 0 Å². The summed E-state index contributed by atoms with van der Waals surface area (Å²) in [5.74, 6) is 1.97. The quantitative estimate of drug-likeness (QED) is 0.170. The molecule has 1 atom stereocenters. The third-order valence-corrected chi connectivity index (χ3v) is 12.4. The fourth-order valence-corrected chi connectivity index (χ4v) is 9.92. The third kappa shape index (κ3) is 4.91. The molecular weight excluding hydrogens is 719 g/mol. The van der Waals surface area contributed by atoms with Gasteiger partial charge in [-0.15, -0.1) is 0 Å². The fourth-order valence-electron chi connectivity index (χ4n) is 9.92. The Morgan fingerprint density at radius 2 is 1.02 bits per heavy atom. The monoisotopic (exact) mass is 755 g/mol. The first-order valence-corrected chi connectivity index (χ1v) is 20.5. The minimum atomic E-state index is -0.580. The van der Waals surface area contributed by atoms with Crippen LogP contribution in [-0.2, 0) is 11.8 Å². The molecule has 1 spiro atoms. The number of aromatic nitrogens is 5. The third-order valence-electron chi connectivity index (χ3n) is 12.4. The van der Waals surface area contributed by atoms with Gasteiger partial charge in [0.25, 0.3) is 0 Å².